The van der Waals surface area contributed by atoms with Crippen molar-refractivity contribution >= 4 is 15.9 Å². The van der Waals surface area contributed by atoms with Gasteiger partial charge in [-0.25, -0.2) is 22.6 Å². The van der Waals surface area contributed by atoms with Crippen molar-refractivity contribution in [2.45, 2.75) is 31.6 Å². The van der Waals surface area contributed by atoms with Gasteiger partial charge in [-0.05, 0) is 54.7 Å². The molecule has 1 aliphatic rings. The molecule has 0 spiro atoms. The molecule has 1 amide bonds. The van der Waals surface area contributed by atoms with Crippen molar-refractivity contribution in [3.05, 3.63) is 82.4 Å². The molecule has 0 aliphatic heterocycles. The average molecular weight is 428 g/mol. The highest BCUT2D eigenvalue weighted by Crippen LogP contribution is 2.28. The van der Waals surface area contributed by atoms with Gasteiger partial charge < -0.3 is 5.32 Å². The summed E-state index contributed by atoms with van der Waals surface area (Å²) in [6, 6.07) is 12.9. The molecule has 30 heavy (non-hydrogen) atoms. The van der Waals surface area contributed by atoms with Crippen LogP contribution in [0.15, 0.2) is 48.5 Å². The Kier molecular flexibility index (Phi) is 5.40. The van der Waals surface area contributed by atoms with Crippen LogP contribution in [0.5, 0.6) is 0 Å². The van der Waals surface area contributed by atoms with Crippen molar-refractivity contribution < 1.29 is 17.6 Å². The minimum Gasteiger partial charge on any atom is -0.347 e. The van der Waals surface area contributed by atoms with E-state index in [2.05, 4.69) is 10.4 Å². The molecule has 156 valence electrons. The van der Waals surface area contributed by atoms with Gasteiger partial charge in [-0.2, -0.15) is 5.10 Å². The second kappa shape index (κ2) is 8.00. The first-order chi connectivity index (χ1) is 14.3. The second-order valence-electron chi connectivity index (χ2n) is 7.32. The highest BCUT2D eigenvalue weighted by molar-refractivity contribution is 7.88. The normalized spacial score (nSPS) is 13.3. The maximum Gasteiger partial charge on any atom is 0.272 e. The van der Waals surface area contributed by atoms with Crippen molar-refractivity contribution in [2.75, 3.05) is 0 Å². The molecule has 0 atom stereocenters. The summed E-state index contributed by atoms with van der Waals surface area (Å²) in [7, 11) is -3.58. The summed E-state index contributed by atoms with van der Waals surface area (Å²) in [4.78, 5) is 12.8. The number of hydrogen-bond donors (Lipinski definition) is 2. The monoisotopic (exact) mass is 428 g/mol. The number of aromatic nitrogens is 2. The number of carbonyl (C=O) groups is 1. The summed E-state index contributed by atoms with van der Waals surface area (Å²) >= 11 is 0. The molecule has 0 saturated carbocycles. The molecule has 3 N–H and O–H groups in total. The van der Waals surface area contributed by atoms with E-state index in [1.165, 1.54) is 12.1 Å². The van der Waals surface area contributed by atoms with Gasteiger partial charge in [0.15, 0.2) is 5.69 Å². The molecule has 1 aromatic heterocycles. The number of carbonyl (C=O) groups excluding carboxylic acids is 1. The topological polar surface area (TPSA) is 107 Å². The van der Waals surface area contributed by atoms with Gasteiger partial charge in [-0.15, -0.1) is 0 Å². The Morgan fingerprint density at radius 2 is 1.73 bits per heavy atom. The molecule has 9 heteroatoms. The first-order valence-electron chi connectivity index (χ1n) is 9.53. The molecule has 1 aliphatic carbocycles. The predicted octanol–water partition coefficient (Wildman–Crippen LogP) is 2.22. The first kappa shape index (κ1) is 20.2. The third kappa shape index (κ3) is 4.42. The lowest BCUT2D eigenvalue weighted by molar-refractivity contribution is 0.0944. The molecule has 0 radical (unpaired) electrons. The van der Waals surface area contributed by atoms with Crippen LogP contribution in [0.1, 0.15) is 39.3 Å². The minimum atomic E-state index is -3.58. The summed E-state index contributed by atoms with van der Waals surface area (Å²) in [6.07, 6.45) is 2.54. The van der Waals surface area contributed by atoms with Gasteiger partial charge in [-0.1, -0.05) is 24.3 Å². The van der Waals surface area contributed by atoms with Gasteiger partial charge in [0.25, 0.3) is 5.91 Å². The van der Waals surface area contributed by atoms with Crippen molar-refractivity contribution in [1.82, 2.24) is 15.1 Å². The van der Waals surface area contributed by atoms with Gasteiger partial charge in [0.2, 0.25) is 10.0 Å². The number of nitrogens with one attached hydrogen (secondary N) is 1. The van der Waals surface area contributed by atoms with E-state index >= 15 is 0 Å². The Balaban J connectivity index is 1.49. The van der Waals surface area contributed by atoms with Crippen LogP contribution >= 0.6 is 0 Å². The van der Waals surface area contributed by atoms with E-state index in [1.54, 1.807) is 41.1 Å². The van der Waals surface area contributed by atoms with Crippen LogP contribution in [0.3, 0.4) is 0 Å². The molecule has 7 nitrogen and oxygen atoms in total. The molecule has 0 unspecified atom stereocenters. The van der Waals surface area contributed by atoms with Gasteiger partial charge in [0.1, 0.15) is 5.82 Å². The lowest BCUT2D eigenvalue weighted by Crippen LogP contribution is -2.24. The lowest BCUT2D eigenvalue weighted by Gasteiger charge is -2.06. The number of sulfonamides is 1. The average Bonchev–Trinajstić information content (AvgIpc) is 3.29. The smallest absolute Gasteiger partial charge is 0.272 e. The van der Waals surface area contributed by atoms with Crippen molar-refractivity contribution in [3.63, 3.8) is 0 Å². The van der Waals surface area contributed by atoms with E-state index in [9.17, 15) is 17.6 Å². The zero-order valence-electron chi connectivity index (χ0n) is 16.1. The van der Waals surface area contributed by atoms with Crippen LogP contribution in [0, 0.1) is 5.82 Å². The highest BCUT2D eigenvalue weighted by Gasteiger charge is 2.26. The summed E-state index contributed by atoms with van der Waals surface area (Å²) < 4.78 is 37.3. The predicted molar refractivity (Wildman–Crippen MR) is 110 cm³/mol. The van der Waals surface area contributed by atoms with Gasteiger partial charge >= 0.3 is 0 Å². The van der Waals surface area contributed by atoms with Crippen molar-refractivity contribution in [2.24, 2.45) is 5.14 Å². The van der Waals surface area contributed by atoms with E-state index in [4.69, 9.17) is 5.14 Å². The first-order valence-corrected chi connectivity index (χ1v) is 11.2. The molecular formula is C21H21FN4O3S. The SMILES string of the molecule is NS(=O)(=O)Cc1ccc(CNC(=O)c2nn(-c3ccc(F)cc3)c3c2CCC3)cc1. The van der Waals surface area contributed by atoms with E-state index in [1.807, 2.05) is 0 Å². The number of amides is 1. The van der Waals surface area contributed by atoms with Crippen LogP contribution in [0.4, 0.5) is 4.39 Å². The van der Waals surface area contributed by atoms with Crippen molar-refractivity contribution in [1.29, 1.82) is 0 Å². The van der Waals surface area contributed by atoms with Crippen molar-refractivity contribution in [3.8, 4) is 5.69 Å². The standard InChI is InChI=1S/C21H21FN4O3S/c22-16-8-10-17(11-9-16)26-19-3-1-2-18(19)20(25-26)21(27)24-12-14-4-6-15(7-5-14)13-30(23,28)29/h4-11H,1-3,12-13H2,(H,24,27)(H2,23,28,29). The van der Waals surface area contributed by atoms with Gasteiger partial charge in [0.05, 0.1) is 11.4 Å². The van der Waals surface area contributed by atoms with E-state index in [0.29, 0.717) is 11.3 Å². The number of primary sulfonamides is 1. The molecule has 0 saturated heterocycles. The lowest BCUT2D eigenvalue weighted by atomic mass is 10.1. The molecular weight excluding hydrogens is 407 g/mol. The zero-order valence-corrected chi connectivity index (χ0v) is 17.0. The second-order valence-corrected chi connectivity index (χ2v) is 8.94. The highest BCUT2D eigenvalue weighted by atomic mass is 32.2. The maximum atomic E-state index is 13.2. The molecule has 4 rings (SSSR count). The molecule has 0 bridgehead atoms. The summed E-state index contributed by atoms with van der Waals surface area (Å²) in [5.74, 6) is -0.828. The number of nitrogens with zero attached hydrogens (tertiary/aromatic N) is 2. The number of rotatable bonds is 6. The molecule has 0 fully saturated rings. The van der Waals surface area contributed by atoms with E-state index < -0.39 is 10.0 Å². The third-order valence-corrected chi connectivity index (χ3v) is 5.80. The summed E-state index contributed by atoms with van der Waals surface area (Å²) in [5.41, 5.74) is 4.44. The Labute approximate surface area is 173 Å². The van der Waals surface area contributed by atoms with Crippen LogP contribution in [-0.2, 0) is 35.2 Å². The Morgan fingerprint density at radius 3 is 2.40 bits per heavy atom. The number of nitrogens with two attached hydrogens (primary N) is 1. The Bertz CT molecular complexity index is 1190. The van der Waals surface area contributed by atoms with Crippen LogP contribution in [0.25, 0.3) is 5.69 Å². The van der Waals surface area contributed by atoms with Crippen LogP contribution in [0.2, 0.25) is 0 Å². The van der Waals surface area contributed by atoms with Crippen LogP contribution in [-0.4, -0.2) is 24.1 Å². The number of halogens is 1. The maximum absolute atomic E-state index is 13.2. The molecule has 3 aromatic rings. The van der Waals surface area contributed by atoms with Crippen LogP contribution < -0.4 is 10.5 Å². The minimum absolute atomic E-state index is 0.230. The fourth-order valence-electron chi connectivity index (χ4n) is 3.67. The summed E-state index contributed by atoms with van der Waals surface area (Å²) in [6.45, 7) is 0.284. The zero-order chi connectivity index (χ0) is 21.3. The fraction of sp³-hybridized carbons (Fsp3) is 0.238. The number of benzene rings is 2. The quantitative estimate of drug-likeness (QED) is 0.628. The van der Waals surface area contributed by atoms with Gasteiger partial charge in [-0.3, -0.25) is 4.79 Å². The molecule has 2 aromatic carbocycles. The number of fused-ring (bicyclic) bond motifs is 1. The Morgan fingerprint density at radius 1 is 1.07 bits per heavy atom. The fourth-order valence-corrected chi connectivity index (χ4v) is 4.32. The third-order valence-electron chi connectivity index (χ3n) is 5.06. The molecule has 1 heterocycles. The Hall–Kier alpha value is -3.04. The number of hydrogen-bond acceptors (Lipinski definition) is 4. The largest absolute Gasteiger partial charge is 0.347 e. The van der Waals surface area contributed by atoms with E-state index in [-0.39, 0.29) is 24.0 Å². The summed E-state index contributed by atoms with van der Waals surface area (Å²) in [5, 5.41) is 12.4. The van der Waals surface area contributed by atoms with E-state index in [0.717, 1.165) is 41.8 Å². The van der Waals surface area contributed by atoms with Gasteiger partial charge in [0, 0.05) is 17.8 Å².